The first kappa shape index (κ1) is 14.1. The van der Waals surface area contributed by atoms with Crippen molar-refractivity contribution in [3.05, 3.63) is 12.2 Å². The molecule has 1 unspecified atom stereocenters. The van der Waals surface area contributed by atoms with Gasteiger partial charge < -0.3 is 10.1 Å². The van der Waals surface area contributed by atoms with Crippen molar-refractivity contribution in [2.24, 2.45) is 0 Å². The number of hydrogen-bond donors (Lipinski definition) is 1. The van der Waals surface area contributed by atoms with Crippen molar-refractivity contribution in [2.75, 3.05) is 13.2 Å². The molecule has 0 saturated carbocycles. The molecule has 0 aliphatic carbocycles. The smallest absolute Gasteiger partial charge is 0.146 e. The van der Waals surface area contributed by atoms with Gasteiger partial charge in [0.05, 0.1) is 18.2 Å². The van der Waals surface area contributed by atoms with Crippen molar-refractivity contribution in [2.45, 2.75) is 52.8 Å². The van der Waals surface area contributed by atoms with Gasteiger partial charge in [0.2, 0.25) is 0 Å². The highest BCUT2D eigenvalue weighted by molar-refractivity contribution is 4.94. The molecular formula is C12H24N4O. The second-order valence-corrected chi connectivity index (χ2v) is 4.97. The summed E-state index contributed by atoms with van der Waals surface area (Å²) in [5.74, 6) is 0.943. The van der Waals surface area contributed by atoms with Crippen LogP contribution >= 0.6 is 0 Å². The van der Waals surface area contributed by atoms with Gasteiger partial charge in [-0.05, 0) is 34.2 Å². The van der Waals surface area contributed by atoms with Gasteiger partial charge in [-0.15, -0.1) is 0 Å². The first-order valence-electron chi connectivity index (χ1n) is 6.23. The van der Waals surface area contributed by atoms with Gasteiger partial charge in [0, 0.05) is 6.54 Å². The third kappa shape index (κ3) is 4.44. The topological polar surface area (TPSA) is 52.0 Å². The molecule has 1 aromatic rings. The Morgan fingerprint density at radius 1 is 1.41 bits per heavy atom. The molecule has 5 heteroatoms. The van der Waals surface area contributed by atoms with Crippen LogP contribution in [0.2, 0.25) is 0 Å². The van der Waals surface area contributed by atoms with Crippen LogP contribution in [0.15, 0.2) is 6.33 Å². The van der Waals surface area contributed by atoms with E-state index in [1.54, 1.807) is 6.33 Å². The predicted octanol–water partition coefficient (Wildman–Crippen LogP) is 1.76. The Morgan fingerprint density at radius 2 is 2.12 bits per heavy atom. The van der Waals surface area contributed by atoms with Crippen LogP contribution in [0.1, 0.15) is 46.5 Å². The van der Waals surface area contributed by atoms with Crippen LogP contribution in [-0.2, 0) is 11.3 Å². The highest BCUT2D eigenvalue weighted by Gasteiger charge is 2.20. The number of hydrogen-bond acceptors (Lipinski definition) is 4. The highest BCUT2D eigenvalue weighted by atomic mass is 16.5. The fourth-order valence-corrected chi connectivity index (χ4v) is 1.59. The third-order valence-electron chi connectivity index (χ3n) is 2.39. The van der Waals surface area contributed by atoms with E-state index in [0.717, 1.165) is 18.9 Å². The summed E-state index contributed by atoms with van der Waals surface area (Å²) >= 11 is 0. The third-order valence-corrected chi connectivity index (χ3v) is 2.39. The molecule has 0 aliphatic heterocycles. The van der Waals surface area contributed by atoms with Crippen LogP contribution in [0.3, 0.4) is 0 Å². The lowest BCUT2D eigenvalue weighted by Crippen LogP contribution is -2.32. The van der Waals surface area contributed by atoms with Crippen molar-refractivity contribution >= 4 is 0 Å². The number of nitrogens with one attached hydrogen (secondary N) is 1. The fourth-order valence-electron chi connectivity index (χ4n) is 1.59. The Labute approximate surface area is 104 Å². The van der Waals surface area contributed by atoms with Crippen molar-refractivity contribution in [3.63, 3.8) is 0 Å². The minimum absolute atomic E-state index is 0.0988. The second kappa shape index (κ2) is 6.12. The van der Waals surface area contributed by atoms with Crippen molar-refractivity contribution in [3.8, 4) is 0 Å². The van der Waals surface area contributed by atoms with Gasteiger partial charge in [-0.3, -0.25) is 0 Å². The number of nitrogens with zero attached hydrogens (tertiary/aromatic N) is 3. The molecule has 0 saturated heterocycles. The van der Waals surface area contributed by atoms with Crippen molar-refractivity contribution < 1.29 is 4.74 Å². The van der Waals surface area contributed by atoms with Crippen LogP contribution in [0.25, 0.3) is 0 Å². The molecule has 0 bridgehead atoms. The Kier molecular flexibility index (Phi) is 5.08. The molecule has 98 valence electrons. The van der Waals surface area contributed by atoms with E-state index in [1.165, 1.54) is 0 Å². The SMILES string of the molecule is CCNC(COC(C)(C)C)c1ncnn1CC. The summed E-state index contributed by atoms with van der Waals surface area (Å²) in [5, 5.41) is 7.58. The monoisotopic (exact) mass is 240 g/mol. The normalized spacial score (nSPS) is 13.9. The Morgan fingerprint density at radius 3 is 2.65 bits per heavy atom. The number of likely N-dealkylation sites (N-methyl/N-ethyl adjacent to an activating group) is 1. The maximum Gasteiger partial charge on any atom is 0.146 e. The molecule has 1 aromatic heterocycles. The molecule has 0 aliphatic rings. The Bertz CT molecular complexity index is 329. The maximum atomic E-state index is 5.82. The summed E-state index contributed by atoms with van der Waals surface area (Å²) in [6.07, 6.45) is 1.60. The van der Waals surface area contributed by atoms with Gasteiger partial charge >= 0.3 is 0 Å². The van der Waals surface area contributed by atoms with E-state index < -0.39 is 0 Å². The molecule has 0 amide bonds. The summed E-state index contributed by atoms with van der Waals surface area (Å²) < 4.78 is 7.73. The second-order valence-electron chi connectivity index (χ2n) is 4.97. The molecule has 17 heavy (non-hydrogen) atoms. The van der Waals surface area contributed by atoms with Gasteiger partial charge in [0.15, 0.2) is 0 Å². The zero-order valence-corrected chi connectivity index (χ0v) is 11.5. The van der Waals surface area contributed by atoms with Gasteiger partial charge in [0.1, 0.15) is 12.2 Å². The molecule has 0 radical (unpaired) electrons. The van der Waals surface area contributed by atoms with E-state index in [4.69, 9.17) is 4.74 Å². The summed E-state index contributed by atoms with van der Waals surface area (Å²) in [5.41, 5.74) is -0.134. The van der Waals surface area contributed by atoms with Crippen LogP contribution in [0, 0.1) is 0 Å². The summed E-state index contributed by atoms with van der Waals surface area (Å²) in [6.45, 7) is 12.6. The first-order chi connectivity index (χ1) is 7.98. The average molecular weight is 240 g/mol. The molecule has 1 atom stereocenters. The zero-order valence-electron chi connectivity index (χ0n) is 11.5. The average Bonchev–Trinajstić information content (AvgIpc) is 2.70. The molecule has 0 spiro atoms. The Balaban J connectivity index is 2.71. The van der Waals surface area contributed by atoms with Crippen LogP contribution in [0.5, 0.6) is 0 Å². The first-order valence-corrected chi connectivity index (χ1v) is 6.23. The van der Waals surface area contributed by atoms with Crippen LogP contribution in [0.4, 0.5) is 0 Å². The Hall–Kier alpha value is -0.940. The van der Waals surface area contributed by atoms with E-state index in [0.29, 0.717) is 6.61 Å². The molecular weight excluding hydrogens is 216 g/mol. The predicted molar refractivity (Wildman–Crippen MR) is 67.8 cm³/mol. The molecule has 1 N–H and O–H groups in total. The number of aromatic nitrogens is 3. The van der Waals surface area contributed by atoms with Gasteiger partial charge in [-0.25, -0.2) is 9.67 Å². The molecule has 5 nitrogen and oxygen atoms in total. The van der Waals surface area contributed by atoms with E-state index in [9.17, 15) is 0 Å². The quantitative estimate of drug-likeness (QED) is 0.823. The van der Waals surface area contributed by atoms with Crippen molar-refractivity contribution in [1.29, 1.82) is 0 Å². The minimum atomic E-state index is -0.134. The number of ether oxygens (including phenoxy) is 1. The summed E-state index contributed by atoms with van der Waals surface area (Å²) in [7, 11) is 0. The van der Waals surface area contributed by atoms with Gasteiger partial charge in [0.25, 0.3) is 0 Å². The molecule has 0 aromatic carbocycles. The lowest BCUT2D eigenvalue weighted by Gasteiger charge is -2.24. The van der Waals surface area contributed by atoms with E-state index >= 15 is 0 Å². The highest BCUT2D eigenvalue weighted by Crippen LogP contribution is 2.15. The number of rotatable bonds is 6. The van der Waals surface area contributed by atoms with E-state index in [-0.39, 0.29) is 11.6 Å². The van der Waals surface area contributed by atoms with Gasteiger partial charge in [-0.1, -0.05) is 6.92 Å². The lowest BCUT2D eigenvalue weighted by molar-refractivity contribution is -0.0161. The van der Waals surface area contributed by atoms with Crippen LogP contribution in [-0.4, -0.2) is 33.5 Å². The zero-order chi connectivity index (χ0) is 12.9. The van der Waals surface area contributed by atoms with E-state index in [2.05, 4.69) is 50.0 Å². The van der Waals surface area contributed by atoms with E-state index in [1.807, 2.05) is 4.68 Å². The molecule has 0 fully saturated rings. The lowest BCUT2D eigenvalue weighted by atomic mass is 10.2. The molecule has 1 heterocycles. The standard InChI is InChI=1S/C12H24N4O/c1-6-13-10(8-17-12(3,4)5)11-14-9-15-16(11)7-2/h9-10,13H,6-8H2,1-5H3. The van der Waals surface area contributed by atoms with Crippen molar-refractivity contribution in [1.82, 2.24) is 20.1 Å². The fraction of sp³-hybridized carbons (Fsp3) is 0.833. The number of aryl methyl sites for hydroxylation is 1. The maximum absolute atomic E-state index is 5.82. The minimum Gasteiger partial charge on any atom is -0.374 e. The summed E-state index contributed by atoms with van der Waals surface area (Å²) in [6, 6.07) is 0.0988. The summed E-state index contributed by atoms with van der Waals surface area (Å²) in [4.78, 5) is 4.32. The largest absolute Gasteiger partial charge is 0.374 e. The molecule has 1 rings (SSSR count). The van der Waals surface area contributed by atoms with Crippen LogP contribution < -0.4 is 5.32 Å². The van der Waals surface area contributed by atoms with Gasteiger partial charge in [-0.2, -0.15) is 5.10 Å².